The van der Waals surface area contributed by atoms with Crippen LogP contribution in [0, 0.1) is 5.92 Å². The van der Waals surface area contributed by atoms with Gasteiger partial charge in [-0.2, -0.15) is 4.98 Å². The van der Waals surface area contributed by atoms with Crippen LogP contribution in [0.5, 0.6) is 0 Å². The molecule has 0 spiro atoms. The lowest BCUT2D eigenvalue weighted by atomic mass is 9.85. The Morgan fingerprint density at radius 3 is 2.86 bits per heavy atom. The molecule has 6 heteroatoms. The molecule has 3 atom stereocenters. The van der Waals surface area contributed by atoms with Crippen LogP contribution >= 0.6 is 0 Å². The third-order valence-corrected chi connectivity index (χ3v) is 4.82. The zero-order valence-corrected chi connectivity index (χ0v) is 12.7. The molecule has 2 heterocycles. The SMILES string of the molecule is CC(C)c1noc(CN2[C@@H]3CCCC[C@H]3C[C@H]2C(=O)O)n1. The van der Waals surface area contributed by atoms with E-state index in [1.807, 2.05) is 13.8 Å². The molecule has 1 N–H and O–H groups in total. The van der Waals surface area contributed by atoms with E-state index in [1.165, 1.54) is 12.8 Å². The number of likely N-dealkylation sites (tertiary alicyclic amines) is 1. The topological polar surface area (TPSA) is 79.5 Å². The average molecular weight is 293 g/mol. The molecule has 2 fully saturated rings. The molecule has 1 aliphatic heterocycles. The average Bonchev–Trinajstić information content (AvgIpc) is 3.05. The number of carboxylic acids is 1. The monoisotopic (exact) mass is 293 g/mol. The molecular formula is C15H23N3O3. The number of carboxylic acid groups (broad SMARTS) is 1. The Morgan fingerprint density at radius 1 is 1.43 bits per heavy atom. The van der Waals surface area contributed by atoms with Crippen molar-refractivity contribution in [3.8, 4) is 0 Å². The lowest BCUT2D eigenvalue weighted by Gasteiger charge is -2.31. The van der Waals surface area contributed by atoms with Crippen LogP contribution in [0.15, 0.2) is 4.52 Å². The zero-order chi connectivity index (χ0) is 15.0. The van der Waals surface area contributed by atoms with Gasteiger partial charge in [-0.1, -0.05) is 31.8 Å². The van der Waals surface area contributed by atoms with Crippen molar-refractivity contribution in [1.29, 1.82) is 0 Å². The molecule has 1 aromatic heterocycles. The van der Waals surface area contributed by atoms with Gasteiger partial charge in [0.1, 0.15) is 6.04 Å². The van der Waals surface area contributed by atoms with Crippen molar-refractivity contribution in [1.82, 2.24) is 15.0 Å². The fourth-order valence-corrected chi connectivity index (χ4v) is 3.75. The number of aliphatic carboxylic acids is 1. The number of hydrogen-bond acceptors (Lipinski definition) is 5. The lowest BCUT2D eigenvalue weighted by molar-refractivity contribution is -0.143. The molecule has 116 valence electrons. The molecule has 2 aliphatic rings. The molecule has 3 rings (SSSR count). The van der Waals surface area contributed by atoms with Gasteiger partial charge >= 0.3 is 5.97 Å². The van der Waals surface area contributed by atoms with E-state index in [9.17, 15) is 9.90 Å². The highest BCUT2D eigenvalue weighted by molar-refractivity contribution is 5.74. The Bertz CT molecular complexity index is 514. The summed E-state index contributed by atoms with van der Waals surface area (Å²) < 4.78 is 5.30. The first-order valence-corrected chi connectivity index (χ1v) is 7.87. The molecule has 21 heavy (non-hydrogen) atoms. The second-order valence-electron chi connectivity index (χ2n) is 6.57. The first-order valence-electron chi connectivity index (χ1n) is 7.87. The Kier molecular flexibility index (Phi) is 3.97. The summed E-state index contributed by atoms with van der Waals surface area (Å²) in [6.45, 7) is 4.49. The van der Waals surface area contributed by atoms with Crippen molar-refractivity contribution >= 4 is 5.97 Å². The standard InChI is InChI=1S/C15H23N3O3/c1-9(2)14-16-13(21-17-14)8-18-11-6-4-3-5-10(11)7-12(18)15(19)20/h9-12H,3-8H2,1-2H3,(H,19,20)/t10-,11+,12-/m0/s1. The molecule has 6 nitrogen and oxygen atoms in total. The molecule has 1 aromatic rings. The number of nitrogens with zero attached hydrogens (tertiary/aromatic N) is 3. The second kappa shape index (κ2) is 5.75. The number of aromatic nitrogens is 2. The molecular weight excluding hydrogens is 270 g/mol. The molecule has 0 aromatic carbocycles. The van der Waals surface area contributed by atoms with E-state index in [1.54, 1.807) is 0 Å². The van der Waals surface area contributed by atoms with Crippen LogP contribution in [-0.2, 0) is 11.3 Å². The second-order valence-corrected chi connectivity index (χ2v) is 6.57. The van der Waals surface area contributed by atoms with E-state index in [4.69, 9.17) is 4.52 Å². The highest BCUT2D eigenvalue weighted by atomic mass is 16.5. The summed E-state index contributed by atoms with van der Waals surface area (Å²) in [7, 11) is 0. The van der Waals surface area contributed by atoms with Crippen LogP contribution < -0.4 is 0 Å². The van der Waals surface area contributed by atoms with Crippen molar-refractivity contribution in [2.24, 2.45) is 5.92 Å². The maximum atomic E-state index is 11.6. The van der Waals surface area contributed by atoms with E-state index in [-0.39, 0.29) is 5.92 Å². The Labute approximate surface area is 124 Å². The van der Waals surface area contributed by atoms with Gasteiger partial charge in [-0.05, 0) is 25.2 Å². The predicted molar refractivity (Wildman–Crippen MR) is 75.7 cm³/mol. The van der Waals surface area contributed by atoms with E-state index < -0.39 is 12.0 Å². The quantitative estimate of drug-likeness (QED) is 0.918. The van der Waals surface area contributed by atoms with Gasteiger partial charge in [0.25, 0.3) is 0 Å². The van der Waals surface area contributed by atoms with Crippen molar-refractivity contribution in [2.45, 2.75) is 70.5 Å². The first kappa shape index (κ1) is 14.5. The van der Waals surface area contributed by atoms with Gasteiger partial charge in [-0.15, -0.1) is 0 Å². The van der Waals surface area contributed by atoms with Crippen LogP contribution in [0.2, 0.25) is 0 Å². The summed E-state index contributed by atoms with van der Waals surface area (Å²) in [6.07, 6.45) is 5.39. The fraction of sp³-hybridized carbons (Fsp3) is 0.800. The molecule has 0 radical (unpaired) electrons. The summed E-state index contributed by atoms with van der Waals surface area (Å²) in [4.78, 5) is 18.0. The summed E-state index contributed by atoms with van der Waals surface area (Å²) in [5.41, 5.74) is 0. The van der Waals surface area contributed by atoms with Crippen LogP contribution in [0.4, 0.5) is 0 Å². The van der Waals surface area contributed by atoms with E-state index in [0.717, 1.165) is 19.3 Å². The van der Waals surface area contributed by atoms with E-state index in [0.29, 0.717) is 30.2 Å². The van der Waals surface area contributed by atoms with Crippen molar-refractivity contribution in [3.05, 3.63) is 11.7 Å². The smallest absolute Gasteiger partial charge is 0.320 e. The summed E-state index contributed by atoms with van der Waals surface area (Å²) >= 11 is 0. The Hall–Kier alpha value is -1.43. The number of hydrogen-bond donors (Lipinski definition) is 1. The van der Waals surface area contributed by atoms with Crippen LogP contribution in [0.1, 0.15) is 63.6 Å². The Morgan fingerprint density at radius 2 is 2.19 bits per heavy atom. The summed E-state index contributed by atoms with van der Waals surface area (Å²) in [5.74, 6) is 1.23. The number of rotatable bonds is 4. The molecule has 0 amide bonds. The highest BCUT2D eigenvalue weighted by Crippen LogP contribution is 2.40. The third-order valence-electron chi connectivity index (χ3n) is 4.82. The van der Waals surface area contributed by atoms with Crippen molar-refractivity contribution < 1.29 is 14.4 Å². The van der Waals surface area contributed by atoms with Gasteiger partial charge < -0.3 is 9.63 Å². The molecule has 1 saturated carbocycles. The van der Waals surface area contributed by atoms with Crippen molar-refractivity contribution in [2.75, 3.05) is 0 Å². The largest absolute Gasteiger partial charge is 0.480 e. The normalized spacial score (nSPS) is 29.8. The van der Waals surface area contributed by atoms with E-state index in [2.05, 4.69) is 15.0 Å². The molecule has 1 aliphatic carbocycles. The van der Waals surface area contributed by atoms with Gasteiger partial charge in [0.05, 0.1) is 6.54 Å². The maximum absolute atomic E-state index is 11.6. The minimum absolute atomic E-state index is 0.221. The minimum Gasteiger partial charge on any atom is -0.480 e. The van der Waals surface area contributed by atoms with Gasteiger partial charge in [-0.25, -0.2) is 0 Å². The minimum atomic E-state index is -0.729. The highest BCUT2D eigenvalue weighted by Gasteiger charge is 2.45. The maximum Gasteiger partial charge on any atom is 0.320 e. The van der Waals surface area contributed by atoms with Gasteiger partial charge in [0.2, 0.25) is 5.89 Å². The summed E-state index contributed by atoms with van der Waals surface area (Å²) in [6, 6.07) is -0.0539. The molecule has 0 unspecified atom stereocenters. The first-order chi connectivity index (χ1) is 10.1. The summed E-state index contributed by atoms with van der Waals surface area (Å²) in [5, 5.41) is 13.5. The van der Waals surface area contributed by atoms with Gasteiger partial charge in [0, 0.05) is 12.0 Å². The lowest BCUT2D eigenvalue weighted by Crippen LogP contribution is -2.41. The van der Waals surface area contributed by atoms with Crippen LogP contribution in [0.3, 0.4) is 0 Å². The predicted octanol–water partition coefficient (Wildman–Crippen LogP) is 2.41. The Balaban J connectivity index is 1.78. The molecule has 0 bridgehead atoms. The molecule has 1 saturated heterocycles. The van der Waals surface area contributed by atoms with Crippen molar-refractivity contribution in [3.63, 3.8) is 0 Å². The van der Waals surface area contributed by atoms with E-state index >= 15 is 0 Å². The van der Waals surface area contributed by atoms with Gasteiger partial charge in [-0.3, -0.25) is 9.69 Å². The third kappa shape index (κ3) is 2.81. The number of fused-ring (bicyclic) bond motifs is 1. The van der Waals surface area contributed by atoms with Crippen LogP contribution in [-0.4, -0.2) is 38.2 Å². The van der Waals surface area contributed by atoms with Gasteiger partial charge in [0.15, 0.2) is 5.82 Å². The fourth-order valence-electron chi connectivity index (χ4n) is 3.75. The number of carbonyl (C=O) groups is 1. The zero-order valence-electron chi connectivity index (χ0n) is 12.7. The van der Waals surface area contributed by atoms with Crippen LogP contribution in [0.25, 0.3) is 0 Å².